The van der Waals surface area contributed by atoms with Crippen molar-refractivity contribution in [2.45, 2.75) is 39.9 Å². The molecule has 1 heterocycles. The first-order valence-corrected chi connectivity index (χ1v) is 11.6. The Morgan fingerprint density at radius 3 is 1.74 bits per heavy atom. The molecule has 3 rings (SSSR count). The lowest BCUT2D eigenvalue weighted by Gasteiger charge is -2.21. The highest BCUT2D eigenvalue weighted by molar-refractivity contribution is 7.54. The smallest absolute Gasteiger partial charge is 0.388 e. The third-order valence-corrected chi connectivity index (χ3v) is 6.64. The van der Waals surface area contributed by atoms with Crippen molar-refractivity contribution in [3.63, 3.8) is 0 Å². The summed E-state index contributed by atoms with van der Waals surface area (Å²) in [4.78, 5) is 0. The van der Waals surface area contributed by atoms with E-state index in [0.717, 1.165) is 10.8 Å². The number of para-hydroxylation sites is 2. The Bertz CT molecular complexity index is 923. The molecule has 0 bridgehead atoms. The summed E-state index contributed by atoms with van der Waals surface area (Å²) < 4.78 is 41.6. The van der Waals surface area contributed by atoms with E-state index in [1.807, 2.05) is 48.5 Å². The summed E-state index contributed by atoms with van der Waals surface area (Å²) >= 11 is 0. The van der Waals surface area contributed by atoms with Crippen LogP contribution < -0.4 is 4.52 Å². The molecule has 0 saturated carbocycles. The summed E-state index contributed by atoms with van der Waals surface area (Å²) in [6.45, 7) is 7.19. The minimum Gasteiger partial charge on any atom is -0.399 e. The molecule has 0 radical (unpaired) electrons. The second-order valence-electron chi connectivity index (χ2n) is 6.58. The van der Waals surface area contributed by atoms with Gasteiger partial charge in [0, 0.05) is 10.8 Å². The molecular formula is C19H24O6P2. The number of fused-ring (bicyclic) bond motifs is 3. The molecule has 0 saturated heterocycles. The number of hydrogen-bond acceptors (Lipinski definition) is 6. The fraction of sp³-hybridized carbons (Fsp3) is 0.368. The van der Waals surface area contributed by atoms with Crippen LogP contribution in [0.2, 0.25) is 0 Å². The molecule has 0 aliphatic heterocycles. The van der Waals surface area contributed by atoms with Crippen LogP contribution in [0.3, 0.4) is 0 Å². The van der Waals surface area contributed by atoms with Crippen LogP contribution in [0.1, 0.15) is 27.7 Å². The van der Waals surface area contributed by atoms with Crippen molar-refractivity contribution in [3.8, 4) is 0 Å². The van der Waals surface area contributed by atoms with Crippen LogP contribution >= 0.6 is 15.8 Å². The molecule has 6 nitrogen and oxygen atoms in total. The van der Waals surface area contributed by atoms with E-state index in [2.05, 4.69) is 0 Å². The summed E-state index contributed by atoms with van der Waals surface area (Å²) in [5.41, 5.74) is 1.30. The second-order valence-corrected chi connectivity index (χ2v) is 9.55. The van der Waals surface area contributed by atoms with Gasteiger partial charge in [-0.15, -0.1) is 0 Å². The molecule has 146 valence electrons. The first kappa shape index (κ1) is 20.2. The molecule has 0 fully saturated rings. The van der Waals surface area contributed by atoms with Gasteiger partial charge in [0.05, 0.1) is 12.2 Å². The molecule has 0 spiro atoms. The summed E-state index contributed by atoms with van der Waals surface area (Å²) in [5, 5.41) is 1.84. The predicted octanol–water partition coefficient (Wildman–Crippen LogP) is 6.72. The summed E-state index contributed by atoms with van der Waals surface area (Å²) in [6.07, 6.45) is -0.772. The van der Waals surface area contributed by atoms with Gasteiger partial charge in [-0.05, 0) is 39.8 Å². The van der Waals surface area contributed by atoms with E-state index >= 15 is 0 Å². The molecule has 8 heteroatoms. The van der Waals surface area contributed by atoms with Gasteiger partial charge in [-0.3, -0.25) is 9.09 Å². The normalized spacial score (nSPS) is 12.4. The standard InChI is InChI=1S/C19H24O6P2/c1-14(2)24-27(20,25-15(3)4)13-21-26-22-18-11-7-5-9-16(18)17-10-6-8-12-19(17)23-26/h5-12,14-15H,13H2,1-4H3. The molecule has 27 heavy (non-hydrogen) atoms. The Morgan fingerprint density at radius 1 is 0.852 bits per heavy atom. The monoisotopic (exact) mass is 410 g/mol. The lowest BCUT2D eigenvalue weighted by atomic mass is 10.1. The van der Waals surface area contributed by atoms with Gasteiger partial charge < -0.3 is 17.4 Å². The van der Waals surface area contributed by atoms with E-state index in [9.17, 15) is 4.57 Å². The first-order chi connectivity index (χ1) is 12.9. The van der Waals surface area contributed by atoms with Crippen LogP contribution in [0.5, 0.6) is 0 Å². The molecule has 0 unspecified atom stereocenters. The Kier molecular flexibility index (Phi) is 6.46. The minimum atomic E-state index is -3.45. The summed E-state index contributed by atoms with van der Waals surface area (Å²) in [5.74, 6) is 0. The maximum Gasteiger partial charge on any atom is 0.388 e. The van der Waals surface area contributed by atoms with Gasteiger partial charge in [-0.1, -0.05) is 36.4 Å². The Hall–Kier alpha value is -1.55. The van der Waals surface area contributed by atoms with Gasteiger partial charge in [0.25, 0.3) is 0 Å². The Balaban J connectivity index is 1.99. The molecule has 0 aliphatic carbocycles. The van der Waals surface area contributed by atoms with Gasteiger partial charge in [-0.25, -0.2) is 0 Å². The van der Waals surface area contributed by atoms with Gasteiger partial charge in [0.1, 0.15) is 11.2 Å². The average molecular weight is 410 g/mol. The molecule has 0 aliphatic rings. The highest BCUT2D eigenvalue weighted by Gasteiger charge is 2.29. The maximum atomic E-state index is 13.0. The third kappa shape index (κ3) is 5.25. The van der Waals surface area contributed by atoms with E-state index < -0.39 is 15.8 Å². The minimum absolute atomic E-state index is 0.251. The molecule has 0 N–H and O–H groups in total. The zero-order valence-corrected chi connectivity index (χ0v) is 17.6. The van der Waals surface area contributed by atoms with Gasteiger partial charge in [0.2, 0.25) is 0 Å². The van der Waals surface area contributed by atoms with E-state index in [1.165, 1.54) is 0 Å². The highest BCUT2D eigenvalue weighted by atomic mass is 31.2. The SMILES string of the molecule is CC(C)OP(=O)(COp1oc2ccccc2c2ccccc2o1)OC(C)C. The average Bonchev–Trinajstić information content (AvgIpc) is 2.75. The van der Waals surface area contributed by atoms with Crippen LogP contribution in [0.25, 0.3) is 21.9 Å². The molecule has 2 aromatic carbocycles. The van der Waals surface area contributed by atoms with E-state index in [1.54, 1.807) is 27.7 Å². The first-order valence-electron chi connectivity index (χ1n) is 8.79. The molecule has 3 aromatic rings. The quantitative estimate of drug-likeness (QED) is 0.403. The lowest BCUT2D eigenvalue weighted by molar-refractivity contribution is 0.133. The summed E-state index contributed by atoms with van der Waals surface area (Å²) in [7, 11) is -5.27. The zero-order valence-electron chi connectivity index (χ0n) is 15.8. The fourth-order valence-corrected chi connectivity index (χ4v) is 5.80. The van der Waals surface area contributed by atoms with E-state index in [0.29, 0.717) is 11.2 Å². The van der Waals surface area contributed by atoms with Crippen molar-refractivity contribution >= 4 is 37.8 Å². The van der Waals surface area contributed by atoms with Crippen LogP contribution in [0, 0.1) is 0 Å². The van der Waals surface area contributed by atoms with Gasteiger partial charge in [-0.2, -0.15) is 0 Å². The Morgan fingerprint density at radius 2 is 1.30 bits per heavy atom. The predicted molar refractivity (Wildman–Crippen MR) is 108 cm³/mol. The molecular weight excluding hydrogens is 386 g/mol. The largest absolute Gasteiger partial charge is 0.399 e. The fourth-order valence-electron chi connectivity index (χ4n) is 2.62. The Labute approximate surface area is 159 Å². The van der Waals surface area contributed by atoms with E-state index in [4.69, 9.17) is 22.0 Å². The van der Waals surface area contributed by atoms with Gasteiger partial charge >= 0.3 is 15.8 Å². The van der Waals surface area contributed by atoms with Crippen molar-refractivity contribution < 1.29 is 26.5 Å². The van der Waals surface area contributed by atoms with Crippen molar-refractivity contribution in [1.29, 1.82) is 0 Å². The van der Waals surface area contributed by atoms with Crippen LogP contribution in [0.4, 0.5) is 0 Å². The molecule has 1 aromatic heterocycles. The van der Waals surface area contributed by atoms with Crippen molar-refractivity contribution in [1.82, 2.24) is 0 Å². The van der Waals surface area contributed by atoms with E-state index in [-0.39, 0.29) is 18.6 Å². The second kappa shape index (κ2) is 8.64. The molecule has 0 amide bonds. The topological polar surface area (TPSA) is 71.0 Å². The molecule has 0 atom stereocenters. The number of hydrogen-bond donors (Lipinski definition) is 0. The van der Waals surface area contributed by atoms with Gasteiger partial charge in [0.15, 0.2) is 6.35 Å². The maximum absolute atomic E-state index is 13.0. The number of benzene rings is 2. The van der Waals surface area contributed by atoms with Crippen molar-refractivity contribution in [2.75, 3.05) is 6.35 Å². The highest BCUT2D eigenvalue weighted by Crippen LogP contribution is 2.51. The van der Waals surface area contributed by atoms with Crippen LogP contribution in [-0.2, 0) is 13.6 Å². The lowest BCUT2D eigenvalue weighted by Crippen LogP contribution is -2.12. The van der Waals surface area contributed by atoms with Crippen molar-refractivity contribution in [3.05, 3.63) is 48.5 Å². The third-order valence-electron chi connectivity index (χ3n) is 3.47. The van der Waals surface area contributed by atoms with Crippen molar-refractivity contribution in [2.24, 2.45) is 0 Å². The zero-order chi connectivity index (χ0) is 19.4. The van der Waals surface area contributed by atoms with Crippen LogP contribution in [0.15, 0.2) is 56.9 Å². The number of rotatable bonds is 7. The van der Waals surface area contributed by atoms with Crippen LogP contribution in [-0.4, -0.2) is 18.6 Å². The summed E-state index contributed by atoms with van der Waals surface area (Å²) in [6, 6.07) is 15.3.